The quantitative estimate of drug-likeness (QED) is 0.126. The Balaban J connectivity index is 1.88. The highest BCUT2D eigenvalue weighted by Gasteiger charge is 2.61. The van der Waals surface area contributed by atoms with Crippen LogP contribution in [0.3, 0.4) is 0 Å². The zero-order valence-corrected chi connectivity index (χ0v) is 32.6. The van der Waals surface area contributed by atoms with Gasteiger partial charge in [0.1, 0.15) is 23.5 Å². The number of nitrogens with zero attached hydrogens (tertiary/aromatic N) is 2. The molecule has 0 unspecified atom stereocenters. The van der Waals surface area contributed by atoms with Crippen LogP contribution in [0.25, 0.3) is 0 Å². The van der Waals surface area contributed by atoms with Crippen LogP contribution in [0.15, 0.2) is 41.5 Å². The molecule has 2 aliphatic rings. The van der Waals surface area contributed by atoms with E-state index in [1.807, 2.05) is 19.9 Å². The molecule has 270 valence electrons. The van der Waals surface area contributed by atoms with Gasteiger partial charge in [0.25, 0.3) is 5.91 Å². The molecule has 2 amide bonds. The number of amides is 2. The number of aromatic amines is 1. The molecule has 0 radical (unpaired) electrons. The van der Waals surface area contributed by atoms with E-state index in [1.54, 1.807) is 69.3 Å². The van der Waals surface area contributed by atoms with Crippen LogP contribution in [0.2, 0.25) is 18.1 Å². The number of H-pyrrole nitrogens is 1. The highest BCUT2D eigenvalue weighted by molar-refractivity contribution is 8.13. The number of benzene rings is 1. The number of thioether (sulfide) groups is 1. The van der Waals surface area contributed by atoms with Gasteiger partial charge in [0, 0.05) is 17.3 Å². The van der Waals surface area contributed by atoms with E-state index < -0.39 is 56.1 Å². The Labute approximate surface area is 295 Å². The molecule has 2 saturated heterocycles. The number of aliphatic imine (C=N–C) groups is 1. The molecule has 2 aliphatic heterocycles. The van der Waals surface area contributed by atoms with Gasteiger partial charge in [-0.05, 0) is 78.1 Å². The lowest BCUT2D eigenvalue weighted by Gasteiger charge is -2.40. The fourth-order valence-electron chi connectivity index (χ4n) is 5.58. The van der Waals surface area contributed by atoms with Gasteiger partial charge in [0.2, 0.25) is 0 Å². The third-order valence-corrected chi connectivity index (χ3v) is 14.0. The van der Waals surface area contributed by atoms with Crippen LogP contribution in [0.4, 0.5) is 10.5 Å². The van der Waals surface area contributed by atoms with Gasteiger partial charge in [0.15, 0.2) is 25.0 Å². The van der Waals surface area contributed by atoms with Gasteiger partial charge in [-0.15, -0.1) is 0 Å². The van der Waals surface area contributed by atoms with Crippen molar-refractivity contribution in [2.24, 2.45) is 4.99 Å². The van der Waals surface area contributed by atoms with Crippen LogP contribution in [-0.2, 0) is 23.4 Å². The van der Waals surface area contributed by atoms with Crippen LogP contribution >= 0.6 is 11.8 Å². The molecule has 14 heteroatoms. The van der Waals surface area contributed by atoms with E-state index in [0.717, 1.165) is 0 Å². The van der Waals surface area contributed by atoms with Crippen LogP contribution in [0.5, 0.6) is 0 Å². The molecule has 49 heavy (non-hydrogen) atoms. The first-order chi connectivity index (χ1) is 22.7. The molecule has 1 aromatic carbocycles. The summed E-state index contributed by atoms with van der Waals surface area (Å²) in [7, 11) is -2.27. The maximum absolute atomic E-state index is 14.3. The summed E-state index contributed by atoms with van der Waals surface area (Å²) in [6.45, 7) is 21.9. The molecule has 3 heterocycles. The third-order valence-electron chi connectivity index (χ3n) is 8.88. The summed E-state index contributed by atoms with van der Waals surface area (Å²) in [5.41, 5.74) is 0.376. The minimum atomic E-state index is -2.27. The predicted octanol–water partition coefficient (Wildman–Crippen LogP) is 7.17. The molecular formula is C35H52N4O8SSi. The molecule has 2 N–H and O–H groups in total. The molecule has 1 aromatic heterocycles. The summed E-state index contributed by atoms with van der Waals surface area (Å²) in [6.07, 6.45) is 1.55. The van der Waals surface area contributed by atoms with E-state index in [2.05, 4.69) is 44.2 Å². The maximum atomic E-state index is 14.3. The number of hydrogen-bond donors (Lipinski definition) is 2. The summed E-state index contributed by atoms with van der Waals surface area (Å²) in [4.78, 5) is 50.2. The van der Waals surface area contributed by atoms with E-state index in [0.29, 0.717) is 11.1 Å². The van der Waals surface area contributed by atoms with Crippen LogP contribution in [0.1, 0.15) is 94.8 Å². The predicted molar refractivity (Wildman–Crippen MR) is 193 cm³/mol. The van der Waals surface area contributed by atoms with Crippen molar-refractivity contribution in [1.82, 2.24) is 15.2 Å². The van der Waals surface area contributed by atoms with Gasteiger partial charge in [-0.2, -0.15) is 0 Å². The van der Waals surface area contributed by atoms with Crippen molar-refractivity contribution in [3.05, 3.63) is 53.3 Å². The first kappa shape index (κ1) is 38.6. The number of esters is 1. The van der Waals surface area contributed by atoms with E-state index in [4.69, 9.17) is 28.4 Å². The number of rotatable bonds is 8. The molecule has 0 aliphatic carbocycles. The maximum Gasteiger partial charge on any atom is 0.411 e. The second kappa shape index (κ2) is 14.6. The average Bonchev–Trinajstić information content (AvgIpc) is 3.63. The minimum Gasteiger partial charge on any atom is -0.461 e. The lowest BCUT2D eigenvalue weighted by molar-refractivity contribution is -0.168. The lowest BCUT2D eigenvalue weighted by atomic mass is 10.0. The molecule has 4 rings (SSSR count). The van der Waals surface area contributed by atoms with Gasteiger partial charge in [-0.25, -0.2) is 14.6 Å². The Hall–Kier alpha value is -3.17. The van der Waals surface area contributed by atoms with Gasteiger partial charge in [-0.1, -0.05) is 50.7 Å². The van der Waals surface area contributed by atoms with Crippen molar-refractivity contribution in [2.45, 2.75) is 116 Å². The monoisotopic (exact) mass is 716 g/mol. The van der Waals surface area contributed by atoms with Gasteiger partial charge in [0.05, 0.1) is 25.3 Å². The van der Waals surface area contributed by atoms with E-state index in [1.165, 1.54) is 11.8 Å². The number of aromatic nitrogens is 1. The summed E-state index contributed by atoms with van der Waals surface area (Å²) < 4.78 is 31.1. The number of carbonyl (C=O) groups excluding carboxylic acids is 3. The number of nitrogens with one attached hydrogen (secondary N) is 2. The average molecular weight is 717 g/mol. The zero-order chi connectivity index (χ0) is 36.5. The Morgan fingerprint density at radius 2 is 1.69 bits per heavy atom. The van der Waals surface area contributed by atoms with Crippen molar-refractivity contribution in [3.8, 4) is 0 Å². The molecule has 0 spiro atoms. The Morgan fingerprint density at radius 1 is 1.06 bits per heavy atom. The van der Waals surface area contributed by atoms with Crippen molar-refractivity contribution < 1.29 is 37.8 Å². The van der Waals surface area contributed by atoms with Crippen molar-refractivity contribution >= 4 is 48.9 Å². The normalized spacial score (nSPS) is 22.5. The molecular weight excluding hydrogens is 665 g/mol. The number of ether oxygens (including phenoxy) is 4. The second-order valence-corrected chi connectivity index (χ2v) is 20.8. The van der Waals surface area contributed by atoms with E-state index in [-0.39, 0.29) is 40.7 Å². The number of hydrogen-bond acceptors (Lipinski definition) is 10. The van der Waals surface area contributed by atoms with Gasteiger partial charge >= 0.3 is 12.1 Å². The Bertz CT molecular complexity index is 1550. The Morgan fingerprint density at radius 3 is 2.27 bits per heavy atom. The summed E-state index contributed by atoms with van der Waals surface area (Å²) >= 11 is 1.20. The number of amidine groups is 1. The summed E-state index contributed by atoms with van der Waals surface area (Å²) in [5, 5.41) is 3.01. The highest BCUT2D eigenvalue weighted by atomic mass is 32.2. The molecule has 2 aromatic rings. The van der Waals surface area contributed by atoms with E-state index >= 15 is 0 Å². The summed E-state index contributed by atoms with van der Waals surface area (Å²) in [6, 6.07) is 7.34. The SMILES string of the molecule is CCOC(=O)c1[nH]cc([C@H]2[C@@H]3OC(C)(C)O[C@@H]3[C@@H](CO[Si](C)(C)C(C)(C)C)N2C(=O)OC(C)(C)C)c1N=C(NC(=O)c1ccccc1)SC. The number of fused-ring (bicyclic) bond motifs is 1. The van der Waals surface area contributed by atoms with E-state index in [9.17, 15) is 14.4 Å². The summed E-state index contributed by atoms with van der Waals surface area (Å²) in [5.74, 6) is -1.97. The standard InChI is InChI=1S/C35H52N4O8SSi/c1-13-43-30(41)25-24(37-31(48-10)38-29(40)21-17-15-14-16-18-21)22(19-36-25)26-28-27(45-35(8,9)46-28)23(20-44-49(11,12)34(5,6)7)39(26)32(42)47-33(2,3)4/h14-19,23,26-28,36H,13,20H2,1-12H3,(H,37,38,40)/t23-,26+,27-,28+/m1/s1. The number of likely N-dealkylation sites (tertiary alicyclic amines) is 1. The zero-order valence-electron chi connectivity index (χ0n) is 30.8. The largest absolute Gasteiger partial charge is 0.461 e. The number of carbonyl (C=O) groups is 3. The molecule has 0 bridgehead atoms. The molecule has 0 saturated carbocycles. The molecule has 12 nitrogen and oxygen atoms in total. The fourth-order valence-corrected chi connectivity index (χ4v) is 6.98. The minimum absolute atomic E-state index is 0.0668. The first-order valence-electron chi connectivity index (χ1n) is 16.6. The highest BCUT2D eigenvalue weighted by Crippen LogP contribution is 2.51. The van der Waals surface area contributed by atoms with Crippen LogP contribution in [-0.4, -0.2) is 90.4 Å². The third kappa shape index (κ3) is 8.77. The van der Waals surface area contributed by atoms with Crippen molar-refractivity contribution in [1.29, 1.82) is 0 Å². The smallest absolute Gasteiger partial charge is 0.411 e. The second-order valence-electron chi connectivity index (χ2n) is 15.2. The van der Waals surface area contributed by atoms with Crippen molar-refractivity contribution in [2.75, 3.05) is 19.5 Å². The fraction of sp³-hybridized carbons (Fsp3) is 0.600. The topological polar surface area (TPSA) is 141 Å². The van der Waals surface area contributed by atoms with Gasteiger partial charge in [-0.3, -0.25) is 9.69 Å². The van der Waals surface area contributed by atoms with Crippen LogP contribution in [0, 0.1) is 0 Å². The van der Waals surface area contributed by atoms with Crippen LogP contribution < -0.4 is 5.32 Å². The Kier molecular flexibility index (Phi) is 11.5. The lowest BCUT2D eigenvalue weighted by Crippen LogP contribution is -2.50. The van der Waals surface area contributed by atoms with Gasteiger partial charge < -0.3 is 33.7 Å². The first-order valence-corrected chi connectivity index (χ1v) is 20.7. The molecule has 4 atom stereocenters. The van der Waals surface area contributed by atoms with Crippen molar-refractivity contribution in [3.63, 3.8) is 0 Å². The molecule has 2 fully saturated rings.